The van der Waals surface area contributed by atoms with Gasteiger partial charge in [0, 0.05) is 27.9 Å². The van der Waals surface area contributed by atoms with Gasteiger partial charge in [-0.2, -0.15) is 0 Å². The van der Waals surface area contributed by atoms with Gasteiger partial charge in [-0.05, 0) is 130 Å². The molecule has 11 rings (SSSR count). The van der Waals surface area contributed by atoms with Crippen LogP contribution < -0.4 is 4.90 Å². The molecule has 0 aliphatic heterocycles. The average Bonchev–Trinajstić information content (AvgIpc) is 3.60. The number of hydrogen-bond donors (Lipinski definition) is 0. The highest BCUT2D eigenvalue weighted by Crippen LogP contribution is 2.53. The molecule has 0 bridgehead atoms. The van der Waals surface area contributed by atoms with E-state index in [9.17, 15) is 0 Å². The second-order valence-corrected chi connectivity index (χ2v) is 16.5. The van der Waals surface area contributed by atoms with E-state index in [4.69, 9.17) is 0 Å². The zero-order chi connectivity index (χ0) is 37.1. The molecule has 0 saturated carbocycles. The molecule has 0 radical (unpaired) electrons. The molecule has 9 aromatic rings. The van der Waals surface area contributed by atoms with E-state index in [0.29, 0.717) is 0 Å². The summed E-state index contributed by atoms with van der Waals surface area (Å²) in [6, 6.07) is 65.8. The number of nitrogens with zero attached hydrogens (tertiary/aromatic N) is 1. The smallest absolute Gasteiger partial charge is 0.0465 e. The molecule has 0 N–H and O–H groups in total. The van der Waals surface area contributed by atoms with E-state index < -0.39 is 0 Å². The minimum Gasteiger partial charge on any atom is -0.310 e. The molecule has 1 nitrogen and oxygen atoms in total. The maximum atomic E-state index is 2.46. The summed E-state index contributed by atoms with van der Waals surface area (Å²) in [5.74, 6) is 0. The molecular formula is C54H41N. The lowest BCUT2D eigenvalue weighted by molar-refractivity contribution is 0.660. The summed E-state index contributed by atoms with van der Waals surface area (Å²) in [7, 11) is 0. The molecule has 2 aliphatic rings. The van der Waals surface area contributed by atoms with Gasteiger partial charge < -0.3 is 4.90 Å². The third-order valence-electron chi connectivity index (χ3n) is 12.9. The second kappa shape index (κ2) is 11.5. The summed E-state index contributed by atoms with van der Waals surface area (Å²) in [6.07, 6.45) is 0. The van der Waals surface area contributed by atoms with E-state index in [0.717, 1.165) is 5.69 Å². The van der Waals surface area contributed by atoms with Crippen molar-refractivity contribution in [3.63, 3.8) is 0 Å². The standard InChI is InChI=1S/C54H41N/c1-53(2)49-19-11-9-17-44(49)46-29-26-37(32-51(46)53)55(38-27-30-47-45-18-10-12-20-50(45)54(3,4)52(47)33-38)36-24-21-34(22-25-36)35-23-28-43-41-15-6-5-13-39(41)40-14-7-8-16-42(40)48(43)31-35/h5-33H,1-4H3. The first-order valence-electron chi connectivity index (χ1n) is 19.5. The maximum absolute atomic E-state index is 2.46. The topological polar surface area (TPSA) is 3.24 Å². The van der Waals surface area contributed by atoms with Crippen molar-refractivity contribution in [3.05, 3.63) is 198 Å². The van der Waals surface area contributed by atoms with Crippen molar-refractivity contribution in [2.45, 2.75) is 38.5 Å². The summed E-state index contributed by atoms with van der Waals surface area (Å²) < 4.78 is 0. The Morgan fingerprint density at radius 3 is 1.18 bits per heavy atom. The Morgan fingerprint density at radius 1 is 0.291 bits per heavy atom. The van der Waals surface area contributed by atoms with Gasteiger partial charge in [0.1, 0.15) is 0 Å². The van der Waals surface area contributed by atoms with Crippen molar-refractivity contribution in [2.75, 3.05) is 4.90 Å². The van der Waals surface area contributed by atoms with Crippen LogP contribution in [0.3, 0.4) is 0 Å². The minimum atomic E-state index is -0.0926. The van der Waals surface area contributed by atoms with E-state index in [2.05, 4.69) is 209 Å². The van der Waals surface area contributed by atoms with Crippen LogP contribution in [0.2, 0.25) is 0 Å². The van der Waals surface area contributed by atoms with Gasteiger partial charge in [0.2, 0.25) is 0 Å². The predicted molar refractivity (Wildman–Crippen MR) is 234 cm³/mol. The number of fused-ring (bicyclic) bond motifs is 12. The summed E-state index contributed by atoms with van der Waals surface area (Å²) in [6.45, 7) is 9.47. The minimum absolute atomic E-state index is 0.0926. The highest BCUT2D eigenvalue weighted by Gasteiger charge is 2.37. The third-order valence-corrected chi connectivity index (χ3v) is 12.9. The molecule has 0 heterocycles. The van der Waals surface area contributed by atoms with Crippen molar-refractivity contribution in [1.82, 2.24) is 0 Å². The van der Waals surface area contributed by atoms with Gasteiger partial charge in [-0.15, -0.1) is 0 Å². The van der Waals surface area contributed by atoms with Gasteiger partial charge in [0.25, 0.3) is 0 Å². The van der Waals surface area contributed by atoms with Crippen LogP contribution in [0.25, 0.3) is 65.7 Å². The molecule has 0 atom stereocenters. The molecule has 0 saturated heterocycles. The Morgan fingerprint density at radius 2 is 0.673 bits per heavy atom. The molecular weight excluding hydrogens is 663 g/mol. The van der Waals surface area contributed by atoms with Crippen LogP contribution in [0.4, 0.5) is 17.1 Å². The van der Waals surface area contributed by atoms with E-state index in [-0.39, 0.29) is 10.8 Å². The first-order chi connectivity index (χ1) is 26.8. The third kappa shape index (κ3) is 4.60. The lowest BCUT2D eigenvalue weighted by atomic mass is 9.82. The molecule has 1 heteroatoms. The fourth-order valence-corrected chi connectivity index (χ4v) is 10.0. The van der Waals surface area contributed by atoms with E-state index in [1.54, 1.807) is 0 Å². The first kappa shape index (κ1) is 32.0. The molecule has 262 valence electrons. The van der Waals surface area contributed by atoms with Crippen LogP contribution in [0, 0.1) is 0 Å². The Balaban J connectivity index is 1.06. The molecule has 0 aromatic heterocycles. The molecule has 0 amide bonds. The summed E-state index contributed by atoms with van der Waals surface area (Å²) in [5, 5.41) is 7.79. The summed E-state index contributed by atoms with van der Waals surface area (Å²) >= 11 is 0. The normalized spacial score (nSPS) is 14.5. The van der Waals surface area contributed by atoms with E-state index >= 15 is 0 Å². The molecule has 55 heavy (non-hydrogen) atoms. The van der Waals surface area contributed by atoms with Crippen LogP contribution in [0.1, 0.15) is 49.9 Å². The Bertz CT molecular complexity index is 2890. The first-order valence-corrected chi connectivity index (χ1v) is 19.5. The Labute approximate surface area is 323 Å². The summed E-state index contributed by atoms with van der Waals surface area (Å²) in [5.41, 5.74) is 16.6. The van der Waals surface area contributed by atoms with Gasteiger partial charge in [-0.1, -0.05) is 161 Å². The van der Waals surface area contributed by atoms with Gasteiger partial charge in [0.15, 0.2) is 0 Å². The number of hydrogen-bond acceptors (Lipinski definition) is 1. The average molecular weight is 704 g/mol. The summed E-state index contributed by atoms with van der Waals surface area (Å²) in [4.78, 5) is 2.46. The monoisotopic (exact) mass is 703 g/mol. The number of anilines is 3. The highest BCUT2D eigenvalue weighted by molar-refractivity contribution is 6.25. The van der Waals surface area contributed by atoms with Crippen LogP contribution in [0.15, 0.2) is 176 Å². The SMILES string of the molecule is CC1(C)c2ccccc2-c2ccc(N(c3ccc(-c4ccc5c6ccccc6c6ccccc6c5c4)cc3)c3ccc4c(c3)C(C)(C)c3ccccc3-4)cc21. The van der Waals surface area contributed by atoms with Crippen molar-refractivity contribution in [3.8, 4) is 33.4 Å². The van der Waals surface area contributed by atoms with Crippen molar-refractivity contribution in [1.29, 1.82) is 0 Å². The van der Waals surface area contributed by atoms with Crippen LogP contribution in [0.5, 0.6) is 0 Å². The van der Waals surface area contributed by atoms with Gasteiger partial charge >= 0.3 is 0 Å². The number of rotatable bonds is 4. The number of benzene rings is 9. The molecule has 0 fully saturated rings. The zero-order valence-electron chi connectivity index (χ0n) is 31.7. The molecule has 0 unspecified atom stereocenters. The van der Waals surface area contributed by atoms with Crippen LogP contribution in [-0.2, 0) is 10.8 Å². The largest absolute Gasteiger partial charge is 0.310 e. The van der Waals surface area contributed by atoms with Crippen molar-refractivity contribution in [2.24, 2.45) is 0 Å². The lowest BCUT2D eigenvalue weighted by Gasteiger charge is -2.30. The lowest BCUT2D eigenvalue weighted by Crippen LogP contribution is -2.18. The van der Waals surface area contributed by atoms with Crippen LogP contribution in [-0.4, -0.2) is 0 Å². The molecule has 9 aromatic carbocycles. The zero-order valence-corrected chi connectivity index (χ0v) is 31.7. The molecule has 0 spiro atoms. The van der Waals surface area contributed by atoms with Crippen molar-refractivity contribution < 1.29 is 0 Å². The van der Waals surface area contributed by atoms with Crippen molar-refractivity contribution >= 4 is 49.4 Å². The van der Waals surface area contributed by atoms with E-state index in [1.807, 2.05) is 0 Å². The van der Waals surface area contributed by atoms with E-state index in [1.165, 1.54) is 99.3 Å². The highest BCUT2D eigenvalue weighted by atomic mass is 15.1. The van der Waals surface area contributed by atoms with Crippen LogP contribution >= 0.6 is 0 Å². The van der Waals surface area contributed by atoms with Gasteiger partial charge in [0.05, 0.1) is 0 Å². The maximum Gasteiger partial charge on any atom is 0.0465 e. The fraction of sp³-hybridized carbons (Fsp3) is 0.111. The Hall–Kier alpha value is -6.44. The predicted octanol–water partition coefficient (Wildman–Crippen LogP) is 14.9. The Kier molecular flexibility index (Phi) is 6.72. The molecule has 2 aliphatic carbocycles. The van der Waals surface area contributed by atoms with Gasteiger partial charge in [-0.3, -0.25) is 0 Å². The quantitative estimate of drug-likeness (QED) is 0.165. The fourth-order valence-electron chi connectivity index (χ4n) is 10.0. The second-order valence-electron chi connectivity index (χ2n) is 16.5. The van der Waals surface area contributed by atoms with Gasteiger partial charge in [-0.25, -0.2) is 0 Å².